The van der Waals surface area contributed by atoms with Crippen molar-refractivity contribution in [1.29, 1.82) is 0 Å². The summed E-state index contributed by atoms with van der Waals surface area (Å²) in [6.45, 7) is 8.97. The first-order valence-corrected chi connectivity index (χ1v) is 10.4. The molecule has 0 fully saturated rings. The molecule has 0 aliphatic heterocycles. The molecule has 0 aliphatic rings. The number of aryl methyl sites for hydroxylation is 4. The van der Waals surface area contributed by atoms with Crippen molar-refractivity contribution in [3.05, 3.63) is 86.3 Å². The van der Waals surface area contributed by atoms with Crippen LogP contribution in [0.3, 0.4) is 0 Å². The maximum absolute atomic E-state index is 13.3. The van der Waals surface area contributed by atoms with Gasteiger partial charge in [0.25, 0.3) is 5.56 Å². The van der Waals surface area contributed by atoms with E-state index in [0.29, 0.717) is 6.54 Å². The van der Waals surface area contributed by atoms with Gasteiger partial charge in [-0.15, -0.1) is 11.3 Å². The normalized spacial score (nSPS) is 11.3. The third kappa shape index (κ3) is 3.29. The predicted molar refractivity (Wildman–Crippen MR) is 118 cm³/mol. The van der Waals surface area contributed by atoms with Gasteiger partial charge in [-0.25, -0.2) is 4.98 Å². The van der Waals surface area contributed by atoms with E-state index in [1.165, 1.54) is 16.7 Å². The highest BCUT2D eigenvalue weighted by Crippen LogP contribution is 2.36. The zero-order valence-corrected chi connectivity index (χ0v) is 17.6. The van der Waals surface area contributed by atoms with Crippen molar-refractivity contribution < 1.29 is 0 Å². The van der Waals surface area contributed by atoms with Gasteiger partial charge in [-0.2, -0.15) is 0 Å². The lowest BCUT2D eigenvalue weighted by atomic mass is 9.99. The monoisotopic (exact) mass is 388 g/mol. The van der Waals surface area contributed by atoms with E-state index < -0.39 is 0 Å². The Bertz CT molecular complexity index is 1220. The summed E-state index contributed by atoms with van der Waals surface area (Å²) in [4.78, 5) is 19.9. The minimum absolute atomic E-state index is 0.0298. The summed E-state index contributed by atoms with van der Waals surface area (Å²) in [6, 6.07) is 14.8. The van der Waals surface area contributed by atoms with Crippen LogP contribution in [0.5, 0.6) is 0 Å². The van der Waals surface area contributed by atoms with E-state index in [9.17, 15) is 4.79 Å². The van der Waals surface area contributed by atoms with Gasteiger partial charge in [0.05, 0.1) is 18.3 Å². The summed E-state index contributed by atoms with van der Waals surface area (Å²) in [5.41, 5.74) is 7.05. The first kappa shape index (κ1) is 18.6. The molecule has 4 rings (SSSR count). The van der Waals surface area contributed by atoms with Crippen LogP contribution in [-0.2, 0) is 13.0 Å². The quantitative estimate of drug-likeness (QED) is 0.452. The molecule has 0 saturated heterocycles. The fraction of sp³-hybridized carbons (Fsp3) is 0.250. The average Bonchev–Trinajstić information content (AvgIpc) is 3.03. The van der Waals surface area contributed by atoms with Crippen LogP contribution >= 0.6 is 11.3 Å². The highest BCUT2D eigenvalue weighted by molar-refractivity contribution is 7.19. The van der Waals surface area contributed by atoms with Gasteiger partial charge in [-0.05, 0) is 55.0 Å². The van der Waals surface area contributed by atoms with Gasteiger partial charge in [-0.1, -0.05) is 49.4 Å². The molecule has 4 aromatic rings. The van der Waals surface area contributed by atoms with E-state index in [1.54, 1.807) is 22.2 Å². The summed E-state index contributed by atoms with van der Waals surface area (Å²) >= 11 is 1.59. The number of rotatable bonds is 4. The van der Waals surface area contributed by atoms with Gasteiger partial charge in [0.2, 0.25) is 0 Å². The number of nitrogens with zero attached hydrogens (tertiary/aromatic N) is 2. The fourth-order valence-corrected chi connectivity index (χ4v) is 4.58. The van der Waals surface area contributed by atoms with E-state index in [2.05, 4.69) is 75.1 Å². The van der Waals surface area contributed by atoms with Crippen molar-refractivity contribution in [3.63, 3.8) is 0 Å². The average molecular weight is 389 g/mol. The fourth-order valence-electron chi connectivity index (χ4n) is 3.57. The van der Waals surface area contributed by atoms with E-state index in [0.717, 1.165) is 38.2 Å². The van der Waals surface area contributed by atoms with Crippen LogP contribution in [0.4, 0.5) is 0 Å². The Kier molecular flexibility index (Phi) is 4.90. The Morgan fingerprint density at radius 1 is 0.964 bits per heavy atom. The smallest absolute Gasteiger partial charge is 0.263 e. The van der Waals surface area contributed by atoms with Gasteiger partial charge in [0.15, 0.2) is 0 Å². The molecule has 0 amide bonds. The Balaban J connectivity index is 1.83. The van der Waals surface area contributed by atoms with Gasteiger partial charge >= 0.3 is 0 Å². The number of fused-ring (bicyclic) bond motifs is 1. The zero-order chi connectivity index (χ0) is 19.8. The molecule has 0 bridgehead atoms. The summed E-state index contributed by atoms with van der Waals surface area (Å²) in [6.07, 6.45) is 2.69. The zero-order valence-electron chi connectivity index (χ0n) is 16.7. The van der Waals surface area contributed by atoms with Gasteiger partial charge in [0.1, 0.15) is 4.83 Å². The Morgan fingerprint density at radius 2 is 1.68 bits per heavy atom. The standard InChI is InChI=1S/C24H24N2OS/c1-5-18-7-9-19(10-8-18)13-26-14-25-23-22(24(26)27)21(17(4)28-23)20-11-6-15(2)16(3)12-20/h6-12,14H,5,13H2,1-4H3. The lowest BCUT2D eigenvalue weighted by Gasteiger charge is -2.09. The summed E-state index contributed by atoms with van der Waals surface area (Å²) in [5, 5.41) is 0.735. The molecular formula is C24H24N2OS. The van der Waals surface area contributed by atoms with Gasteiger partial charge in [0, 0.05) is 10.4 Å². The molecule has 4 heteroatoms. The molecule has 2 heterocycles. The number of aromatic nitrogens is 2. The second-order valence-corrected chi connectivity index (χ2v) is 8.56. The van der Waals surface area contributed by atoms with E-state index in [4.69, 9.17) is 0 Å². The molecule has 3 nitrogen and oxygen atoms in total. The molecule has 2 aromatic heterocycles. The highest BCUT2D eigenvalue weighted by atomic mass is 32.1. The molecule has 0 unspecified atom stereocenters. The third-order valence-corrected chi connectivity index (χ3v) is 6.45. The van der Waals surface area contributed by atoms with E-state index >= 15 is 0 Å². The summed E-state index contributed by atoms with van der Waals surface area (Å²) in [5.74, 6) is 0. The van der Waals surface area contributed by atoms with Crippen molar-refractivity contribution in [1.82, 2.24) is 9.55 Å². The topological polar surface area (TPSA) is 34.9 Å². The minimum atomic E-state index is 0.0298. The lowest BCUT2D eigenvalue weighted by Crippen LogP contribution is -2.21. The van der Waals surface area contributed by atoms with Crippen molar-refractivity contribution in [3.8, 4) is 11.1 Å². The predicted octanol–water partition coefficient (Wildman–Crippen LogP) is 5.66. The maximum atomic E-state index is 13.3. The van der Waals surface area contributed by atoms with E-state index in [-0.39, 0.29) is 5.56 Å². The molecular weight excluding hydrogens is 364 g/mol. The second kappa shape index (κ2) is 7.36. The van der Waals surface area contributed by atoms with Crippen LogP contribution in [0.1, 0.15) is 34.1 Å². The first-order valence-electron chi connectivity index (χ1n) is 9.62. The van der Waals surface area contributed by atoms with Crippen molar-refractivity contribution >= 4 is 21.6 Å². The molecule has 0 radical (unpaired) electrons. The number of hydrogen-bond acceptors (Lipinski definition) is 3. The molecule has 28 heavy (non-hydrogen) atoms. The van der Waals surface area contributed by atoms with Crippen molar-refractivity contribution in [2.24, 2.45) is 0 Å². The van der Waals surface area contributed by atoms with Gasteiger partial charge in [-0.3, -0.25) is 9.36 Å². The molecule has 142 valence electrons. The van der Waals surface area contributed by atoms with Gasteiger partial charge < -0.3 is 0 Å². The van der Waals surface area contributed by atoms with Crippen LogP contribution in [-0.4, -0.2) is 9.55 Å². The molecule has 2 aromatic carbocycles. The largest absolute Gasteiger partial charge is 0.294 e. The minimum Gasteiger partial charge on any atom is -0.294 e. The molecule has 0 atom stereocenters. The molecule has 0 saturated carbocycles. The van der Waals surface area contributed by atoms with Crippen LogP contribution in [0.15, 0.2) is 53.6 Å². The van der Waals surface area contributed by atoms with Crippen LogP contribution in [0, 0.1) is 20.8 Å². The van der Waals surface area contributed by atoms with E-state index in [1.807, 2.05) is 0 Å². The molecule has 0 spiro atoms. The Hall–Kier alpha value is -2.72. The maximum Gasteiger partial charge on any atom is 0.263 e. The highest BCUT2D eigenvalue weighted by Gasteiger charge is 2.17. The van der Waals surface area contributed by atoms with Crippen molar-refractivity contribution in [2.75, 3.05) is 0 Å². The molecule has 0 aliphatic carbocycles. The van der Waals surface area contributed by atoms with Crippen LogP contribution in [0.25, 0.3) is 21.3 Å². The number of benzene rings is 2. The second-order valence-electron chi connectivity index (χ2n) is 7.36. The Labute approximate surface area is 169 Å². The van der Waals surface area contributed by atoms with Crippen LogP contribution < -0.4 is 5.56 Å². The third-order valence-electron chi connectivity index (χ3n) is 5.43. The number of hydrogen-bond donors (Lipinski definition) is 0. The van der Waals surface area contributed by atoms with Crippen LogP contribution in [0.2, 0.25) is 0 Å². The Morgan fingerprint density at radius 3 is 2.36 bits per heavy atom. The lowest BCUT2D eigenvalue weighted by molar-refractivity contribution is 0.749. The summed E-state index contributed by atoms with van der Waals surface area (Å²) in [7, 11) is 0. The van der Waals surface area contributed by atoms with Crippen molar-refractivity contribution in [2.45, 2.75) is 40.7 Å². The SMILES string of the molecule is CCc1ccc(Cn2cnc3sc(C)c(-c4ccc(C)c(C)c4)c3c2=O)cc1. The summed E-state index contributed by atoms with van der Waals surface area (Å²) < 4.78 is 1.72. The number of thiophene rings is 1. The first-order chi connectivity index (χ1) is 13.5. The molecule has 0 N–H and O–H groups in total.